The number of aryl methyl sites for hydroxylation is 1. The summed E-state index contributed by atoms with van der Waals surface area (Å²) in [6.07, 6.45) is 1.99. The quantitative estimate of drug-likeness (QED) is 0.493. The smallest absolute Gasteiger partial charge is 0.175 e. The zero-order chi connectivity index (χ0) is 20.7. The van der Waals surface area contributed by atoms with Crippen LogP contribution in [0.3, 0.4) is 0 Å². The molecule has 0 spiro atoms. The molecule has 3 aromatic carbocycles. The van der Waals surface area contributed by atoms with E-state index in [-0.39, 0.29) is 17.6 Å². The predicted octanol–water partition coefficient (Wildman–Crippen LogP) is 6.15. The fourth-order valence-electron chi connectivity index (χ4n) is 4.46. The van der Waals surface area contributed by atoms with Gasteiger partial charge in [0.25, 0.3) is 0 Å². The minimum absolute atomic E-state index is 0.119. The largest absolute Gasteiger partial charge is 0.456 e. The van der Waals surface area contributed by atoms with E-state index in [4.69, 9.17) is 17.0 Å². The van der Waals surface area contributed by atoms with Crippen LogP contribution in [0, 0.1) is 5.92 Å². The van der Waals surface area contributed by atoms with Crippen molar-refractivity contribution in [3.05, 3.63) is 83.4 Å². The molecule has 0 bridgehead atoms. The number of thiocarbonyl (C=S) groups is 1. The van der Waals surface area contributed by atoms with Crippen LogP contribution >= 0.6 is 12.2 Å². The lowest BCUT2D eigenvalue weighted by molar-refractivity contribution is 0.0927. The number of hydrogen-bond donors (Lipinski definition) is 2. The van der Waals surface area contributed by atoms with Crippen molar-refractivity contribution in [3.63, 3.8) is 0 Å². The molecular weight excluding hydrogens is 392 g/mol. The van der Waals surface area contributed by atoms with Gasteiger partial charge in [0.1, 0.15) is 11.5 Å². The number of benzene rings is 3. The molecular formula is C25H22N2O2S. The number of fused-ring (bicyclic) bond motifs is 1. The average molecular weight is 415 g/mol. The van der Waals surface area contributed by atoms with E-state index in [1.54, 1.807) is 0 Å². The molecule has 30 heavy (non-hydrogen) atoms. The van der Waals surface area contributed by atoms with E-state index in [1.807, 2.05) is 60.7 Å². The summed E-state index contributed by atoms with van der Waals surface area (Å²) >= 11 is 5.44. The van der Waals surface area contributed by atoms with E-state index in [0.717, 1.165) is 35.5 Å². The summed E-state index contributed by atoms with van der Waals surface area (Å²) in [5.74, 6) is 1.63. The predicted molar refractivity (Wildman–Crippen MR) is 124 cm³/mol. The van der Waals surface area contributed by atoms with Crippen LogP contribution in [0.5, 0.6) is 11.5 Å². The van der Waals surface area contributed by atoms with Crippen LogP contribution in [-0.2, 0) is 6.42 Å². The summed E-state index contributed by atoms with van der Waals surface area (Å²) in [6, 6.07) is 21.4. The van der Waals surface area contributed by atoms with Gasteiger partial charge in [-0.15, -0.1) is 0 Å². The molecule has 1 heterocycles. The van der Waals surface area contributed by atoms with Crippen LogP contribution < -0.4 is 15.4 Å². The third-order valence-electron chi connectivity index (χ3n) is 5.94. The van der Waals surface area contributed by atoms with Crippen molar-refractivity contribution < 1.29 is 9.53 Å². The van der Waals surface area contributed by atoms with Crippen LogP contribution in [0.25, 0.3) is 0 Å². The molecule has 150 valence electrons. The fraction of sp³-hybridized carbons (Fsp3) is 0.200. The molecule has 3 aromatic rings. The Balaban J connectivity index is 1.46. The van der Waals surface area contributed by atoms with Gasteiger partial charge in [0, 0.05) is 16.9 Å². The zero-order valence-electron chi connectivity index (χ0n) is 16.6. The van der Waals surface area contributed by atoms with E-state index < -0.39 is 0 Å². The van der Waals surface area contributed by atoms with Crippen molar-refractivity contribution in [2.75, 3.05) is 10.6 Å². The van der Waals surface area contributed by atoms with Gasteiger partial charge in [-0.3, -0.25) is 4.79 Å². The first kappa shape index (κ1) is 18.8. The molecule has 0 fully saturated rings. The van der Waals surface area contributed by atoms with Crippen molar-refractivity contribution in [1.29, 1.82) is 0 Å². The molecule has 0 saturated heterocycles. The Hall–Kier alpha value is -3.18. The molecule has 0 saturated carbocycles. The lowest BCUT2D eigenvalue weighted by Gasteiger charge is -2.30. The van der Waals surface area contributed by atoms with Gasteiger partial charge in [0.05, 0.1) is 11.5 Å². The van der Waals surface area contributed by atoms with Gasteiger partial charge < -0.3 is 15.4 Å². The van der Waals surface area contributed by atoms with Crippen LogP contribution in [-0.4, -0.2) is 10.9 Å². The first-order chi connectivity index (χ1) is 14.6. The number of ketones is 1. The summed E-state index contributed by atoms with van der Waals surface area (Å²) in [7, 11) is 0. The van der Waals surface area contributed by atoms with Gasteiger partial charge in [-0.2, -0.15) is 0 Å². The number of carbonyl (C=O) groups is 1. The molecule has 2 N–H and O–H groups in total. The summed E-state index contributed by atoms with van der Waals surface area (Å²) in [5.41, 5.74) is 4.55. The summed E-state index contributed by atoms with van der Waals surface area (Å²) in [4.78, 5) is 13.6. The maximum atomic E-state index is 13.6. The van der Waals surface area contributed by atoms with Crippen molar-refractivity contribution in [2.24, 2.45) is 5.92 Å². The normalized spacial score (nSPS) is 19.0. The number of Topliss-reactive ketones (excluding diaryl/α,β-unsaturated/α-hetero) is 1. The number of hydrogen-bond acceptors (Lipinski definition) is 3. The van der Waals surface area contributed by atoms with E-state index >= 15 is 0 Å². The Morgan fingerprint density at radius 1 is 0.967 bits per heavy atom. The highest BCUT2D eigenvalue weighted by Gasteiger charge is 2.38. The highest BCUT2D eigenvalue weighted by atomic mass is 32.1. The SMILES string of the molecule is CC1CCc2cccc3c2C1C(=O)c1cc(NC(=S)Nc2ccccc2)ccc1O3. The molecule has 1 aliphatic heterocycles. The first-order valence-electron chi connectivity index (χ1n) is 10.2. The van der Waals surface area contributed by atoms with Crippen LogP contribution in [0.4, 0.5) is 11.4 Å². The summed E-state index contributed by atoms with van der Waals surface area (Å²) in [5, 5.41) is 6.81. The molecule has 1 aliphatic carbocycles. The molecule has 2 aliphatic rings. The molecule has 0 radical (unpaired) electrons. The Kier molecular flexibility index (Phi) is 4.75. The van der Waals surface area contributed by atoms with E-state index in [0.29, 0.717) is 16.4 Å². The van der Waals surface area contributed by atoms with Gasteiger partial charge in [-0.1, -0.05) is 37.3 Å². The zero-order valence-corrected chi connectivity index (χ0v) is 17.5. The Morgan fingerprint density at radius 3 is 2.60 bits per heavy atom. The molecule has 0 aromatic heterocycles. The fourth-order valence-corrected chi connectivity index (χ4v) is 4.70. The number of carbonyl (C=O) groups excluding carboxylic acids is 1. The van der Waals surface area contributed by atoms with Crippen LogP contribution in [0.1, 0.15) is 40.7 Å². The lowest BCUT2D eigenvalue weighted by Crippen LogP contribution is -2.25. The highest BCUT2D eigenvalue weighted by Crippen LogP contribution is 2.48. The van der Waals surface area contributed by atoms with Crippen LogP contribution in [0.2, 0.25) is 0 Å². The third-order valence-corrected chi connectivity index (χ3v) is 6.15. The van der Waals surface area contributed by atoms with Gasteiger partial charge in [0.2, 0.25) is 0 Å². The minimum atomic E-state index is -0.171. The molecule has 5 heteroatoms. The van der Waals surface area contributed by atoms with Crippen molar-refractivity contribution >= 4 is 34.5 Å². The highest BCUT2D eigenvalue weighted by molar-refractivity contribution is 7.80. The second-order valence-electron chi connectivity index (χ2n) is 7.94. The van der Waals surface area contributed by atoms with Gasteiger partial charge in [-0.05, 0) is 72.9 Å². The van der Waals surface area contributed by atoms with E-state index in [2.05, 4.69) is 23.6 Å². The molecule has 4 nitrogen and oxygen atoms in total. The topological polar surface area (TPSA) is 50.4 Å². The number of ether oxygens (including phenoxy) is 1. The van der Waals surface area contributed by atoms with E-state index in [1.165, 1.54) is 5.56 Å². The molecule has 2 atom stereocenters. The van der Waals surface area contributed by atoms with Crippen molar-refractivity contribution in [3.8, 4) is 11.5 Å². The second kappa shape index (κ2) is 7.58. The molecule has 5 rings (SSSR count). The Morgan fingerprint density at radius 2 is 1.77 bits per heavy atom. The van der Waals surface area contributed by atoms with Gasteiger partial charge >= 0.3 is 0 Å². The van der Waals surface area contributed by atoms with E-state index in [9.17, 15) is 4.79 Å². The number of nitrogens with one attached hydrogen (secondary N) is 2. The van der Waals surface area contributed by atoms with Gasteiger partial charge in [-0.25, -0.2) is 0 Å². The third kappa shape index (κ3) is 3.35. The Bertz CT molecular complexity index is 1140. The summed E-state index contributed by atoms with van der Waals surface area (Å²) in [6.45, 7) is 2.16. The Labute approximate surface area is 181 Å². The number of para-hydroxylation sites is 1. The minimum Gasteiger partial charge on any atom is -0.456 e. The monoisotopic (exact) mass is 414 g/mol. The second-order valence-corrected chi connectivity index (χ2v) is 8.35. The number of rotatable bonds is 2. The average Bonchev–Trinajstić information content (AvgIpc) is 2.87. The maximum absolute atomic E-state index is 13.6. The lowest BCUT2D eigenvalue weighted by atomic mass is 9.72. The summed E-state index contributed by atoms with van der Waals surface area (Å²) < 4.78 is 6.23. The van der Waals surface area contributed by atoms with Crippen LogP contribution in [0.15, 0.2) is 66.7 Å². The standard InChI is InChI=1S/C25H22N2O2S/c1-15-10-11-16-6-5-9-21-23(16)22(15)24(28)19-14-18(12-13-20(19)29-21)27-25(30)26-17-7-3-2-4-8-17/h2-9,12-15,22H,10-11H2,1H3,(H2,26,27,30). The van der Waals surface area contributed by atoms with Crippen molar-refractivity contribution in [2.45, 2.75) is 25.7 Å². The number of anilines is 2. The molecule has 0 amide bonds. The molecule has 2 unspecified atom stereocenters. The first-order valence-corrected chi connectivity index (χ1v) is 10.6. The maximum Gasteiger partial charge on any atom is 0.175 e. The van der Waals surface area contributed by atoms with Crippen molar-refractivity contribution in [1.82, 2.24) is 0 Å². The van der Waals surface area contributed by atoms with Gasteiger partial charge in [0.15, 0.2) is 10.9 Å².